The van der Waals surface area contributed by atoms with Crippen molar-refractivity contribution in [2.75, 3.05) is 14.1 Å². The van der Waals surface area contributed by atoms with Crippen LogP contribution in [0.2, 0.25) is 0 Å². The second-order valence-corrected chi connectivity index (χ2v) is 1.93. The molecule has 0 unspecified atom stereocenters. The Morgan fingerprint density at radius 1 is 1.36 bits per heavy atom. The summed E-state index contributed by atoms with van der Waals surface area (Å²) in [6.45, 7) is 6.65. The van der Waals surface area contributed by atoms with Gasteiger partial charge >= 0.3 is 0 Å². The molecule has 4 heteroatoms. The molecule has 0 bridgehead atoms. The van der Waals surface area contributed by atoms with Crippen LogP contribution < -0.4 is 0 Å². The van der Waals surface area contributed by atoms with Crippen molar-refractivity contribution >= 4 is 0 Å². The summed E-state index contributed by atoms with van der Waals surface area (Å²) in [5.74, 6) is 0.0787. The number of allylic oxidation sites excluding steroid dienone is 1. The predicted octanol–water partition coefficient (Wildman–Crippen LogP) is 0.726. The molecular weight excluding hydrogens is 140 g/mol. The first-order valence-corrected chi connectivity index (χ1v) is 2.76. The summed E-state index contributed by atoms with van der Waals surface area (Å²) < 4.78 is 0. The van der Waals surface area contributed by atoms with Gasteiger partial charge in [0, 0.05) is 0 Å². The Hall–Kier alpha value is -1.99. The lowest BCUT2D eigenvalue weighted by Gasteiger charge is -2.07. The minimum Gasteiger partial charge on any atom is -0.362 e. The molecule has 0 spiro atoms. The fourth-order valence-electron chi connectivity index (χ4n) is 0.505. The molecule has 0 aliphatic carbocycles. The van der Waals surface area contributed by atoms with Gasteiger partial charge in [0.1, 0.15) is 12.1 Å². The zero-order valence-corrected chi connectivity index (χ0v) is 6.29. The van der Waals surface area contributed by atoms with E-state index in [1.165, 1.54) is 4.90 Å². The number of rotatable bonds is 1. The van der Waals surface area contributed by atoms with Crippen LogP contribution in [-0.2, 0) is 0 Å². The maximum atomic E-state index is 8.38. The lowest BCUT2D eigenvalue weighted by molar-refractivity contribution is 0.526. The number of nitriles is 2. The van der Waals surface area contributed by atoms with E-state index in [-0.39, 0.29) is 11.4 Å². The van der Waals surface area contributed by atoms with Gasteiger partial charge in [-0.3, -0.25) is 0 Å². The molecular formula is C7H6N4. The molecule has 54 valence electrons. The zero-order valence-electron chi connectivity index (χ0n) is 6.29. The third-order valence-electron chi connectivity index (χ3n) is 0.977. The van der Waals surface area contributed by atoms with Gasteiger partial charge < -0.3 is 9.74 Å². The Balaban J connectivity index is 5.08. The quantitative estimate of drug-likeness (QED) is 0.404. The summed E-state index contributed by atoms with van der Waals surface area (Å²) in [6, 6.07) is 3.29. The first-order valence-electron chi connectivity index (χ1n) is 2.76. The summed E-state index contributed by atoms with van der Waals surface area (Å²) >= 11 is 0. The molecule has 0 aromatic rings. The summed E-state index contributed by atoms with van der Waals surface area (Å²) in [7, 11) is 3.23. The Kier molecular flexibility index (Phi) is 3.22. The molecule has 0 saturated heterocycles. The molecule has 11 heavy (non-hydrogen) atoms. The molecule has 0 saturated carbocycles. The molecule has 4 nitrogen and oxygen atoms in total. The minimum absolute atomic E-state index is 0.0787. The van der Waals surface area contributed by atoms with E-state index in [0.29, 0.717) is 0 Å². The molecule has 0 aliphatic rings. The second-order valence-electron chi connectivity index (χ2n) is 1.93. The third kappa shape index (κ3) is 2.01. The molecule has 0 fully saturated rings. The molecule has 0 radical (unpaired) electrons. The molecule has 0 N–H and O–H groups in total. The number of hydrogen-bond donors (Lipinski definition) is 0. The molecule has 0 atom stereocenters. The fraction of sp³-hybridized carbons (Fsp3) is 0.286. The molecule has 0 aromatic carbocycles. The van der Waals surface area contributed by atoms with Crippen molar-refractivity contribution < 1.29 is 0 Å². The topological polar surface area (TPSA) is 55.2 Å². The minimum atomic E-state index is -0.148. The number of hydrogen-bond acceptors (Lipinski definition) is 3. The van der Waals surface area contributed by atoms with Crippen molar-refractivity contribution in [1.29, 1.82) is 10.5 Å². The van der Waals surface area contributed by atoms with Gasteiger partial charge in [0.05, 0.1) is 14.1 Å². The van der Waals surface area contributed by atoms with Crippen molar-refractivity contribution in [2.45, 2.75) is 0 Å². The summed E-state index contributed by atoms with van der Waals surface area (Å²) in [6.07, 6.45) is 0. The van der Waals surface area contributed by atoms with Crippen molar-refractivity contribution in [2.24, 2.45) is 0 Å². The number of nitrogens with zero attached hydrogens (tertiary/aromatic N) is 4. The van der Waals surface area contributed by atoms with Crippen LogP contribution >= 0.6 is 0 Å². The van der Waals surface area contributed by atoms with Crippen molar-refractivity contribution in [3.63, 3.8) is 0 Å². The third-order valence-corrected chi connectivity index (χ3v) is 0.977. The average Bonchev–Trinajstić information content (AvgIpc) is 1.99. The predicted molar refractivity (Wildman–Crippen MR) is 38.5 cm³/mol. The van der Waals surface area contributed by atoms with Gasteiger partial charge in [0.15, 0.2) is 5.57 Å². The molecule has 0 aliphatic heterocycles. The normalized spacial score (nSPS) is 6.82. The van der Waals surface area contributed by atoms with Crippen LogP contribution in [0.25, 0.3) is 4.85 Å². The summed E-state index contributed by atoms with van der Waals surface area (Å²) in [5, 5.41) is 16.8. The van der Waals surface area contributed by atoms with E-state index < -0.39 is 0 Å². The Bertz CT molecular complexity index is 276. The largest absolute Gasteiger partial charge is 0.362 e. The standard InChI is InChI=1S/C7H6N4/c1-10-7(11(2)3)6(4-8)5-9/h2-3H3. The Morgan fingerprint density at radius 2 is 1.82 bits per heavy atom. The maximum absolute atomic E-state index is 8.38. The van der Waals surface area contributed by atoms with Crippen LogP contribution in [0.4, 0.5) is 0 Å². The van der Waals surface area contributed by atoms with E-state index in [1.54, 1.807) is 26.2 Å². The SMILES string of the molecule is [C-]#[N+]C(=C(C#N)C#N)N(C)C. The van der Waals surface area contributed by atoms with Crippen LogP contribution in [0.5, 0.6) is 0 Å². The van der Waals surface area contributed by atoms with E-state index in [4.69, 9.17) is 17.1 Å². The van der Waals surface area contributed by atoms with Crippen LogP contribution in [-0.4, -0.2) is 19.0 Å². The highest BCUT2D eigenvalue weighted by Gasteiger charge is 2.06. The van der Waals surface area contributed by atoms with E-state index in [2.05, 4.69) is 4.85 Å². The van der Waals surface area contributed by atoms with Crippen LogP contribution in [0.3, 0.4) is 0 Å². The van der Waals surface area contributed by atoms with E-state index in [1.807, 2.05) is 0 Å². The van der Waals surface area contributed by atoms with Crippen LogP contribution in [0.1, 0.15) is 0 Å². The van der Waals surface area contributed by atoms with Gasteiger partial charge in [0.2, 0.25) is 0 Å². The zero-order chi connectivity index (χ0) is 8.85. The first kappa shape index (κ1) is 9.01. The van der Waals surface area contributed by atoms with Gasteiger partial charge in [-0.25, -0.2) is 0 Å². The van der Waals surface area contributed by atoms with E-state index >= 15 is 0 Å². The first-order chi connectivity index (χ1) is 5.17. The Labute approximate surface area is 65.4 Å². The highest BCUT2D eigenvalue weighted by Crippen LogP contribution is 2.06. The molecule has 0 amide bonds. The molecule has 0 heterocycles. The average molecular weight is 146 g/mol. The van der Waals surface area contributed by atoms with Gasteiger partial charge in [-0.05, 0) is 0 Å². The fourth-order valence-corrected chi connectivity index (χ4v) is 0.505. The highest BCUT2D eigenvalue weighted by molar-refractivity contribution is 5.41. The van der Waals surface area contributed by atoms with Gasteiger partial charge in [-0.15, -0.1) is 0 Å². The van der Waals surface area contributed by atoms with Crippen molar-refractivity contribution in [1.82, 2.24) is 4.90 Å². The van der Waals surface area contributed by atoms with Gasteiger partial charge in [-0.1, -0.05) is 6.57 Å². The van der Waals surface area contributed by atoms with Gasteiger partial charge in [-0.2, -0.15) is 10.5 Å². The lowest BCUT2D eigenvalue weighted by Crippen LogP contribution is -2.09. The highest BCUT2D eigenvalue weighted by atomic mass is 15.2. The maximum Gasteiger partial charge on any atom is 0.253 e. The lowest BCUT2D eigenvalue weighted by atomic mass is 10.3. The molecule has 0 rings (SSSR count). The summed E-state index contributed by atoms with van der Waals surface area (Å²) in [5.41, 5.74) is -0.148. The summed E-state index contributed by atoms with van der Waals surface area (Å²) in [4.78, 5) is 4.48. The van der Waals surface area contributed by atoms with Crippen molar-refractivity contribution in [3.8, 4) is 12.1 Å². The van der Waals surface area contributed by atoms with Gasteiger partial charge in [0.25, 0.3) is 5.82 Å². The smallest absolute Gasteiger partial charge is 0.253 e. The van der Waals surface area contributed by atoms with Crippen LogP contribution in [0, 0.1) is 29.2 Å². The van der Waals surface area contributed by atoms with E-state index in [0.717, 1.165) is 0 Å². The monoisotopic (exact) mass is 146 g/mol. The van der Waals surface area contributed by atoms with Crippen LogP contribution in [0.15, 0.2) is 11.4 Å². The second kappa shape index (κ2) is 3.93. The molecule has 0 aromatic heterocycles. The van der Waals surface area contributed by atoms with E-state index in [9.17, 15) is 0 Å². The van der Waals surface area contributed by atoms with Crippen molar-refractivity contribution in [3.05, 3.63) is 22.8 Å². The Morgan fingerprint density at radius 3 is 1.91 bits per heavy atom.